The summed E-state index contributed by atoms with van der Waals surface area (Å²) in [5, 5.41) is 18.8. The average molecular weight is 294 g/mol. The molecule has 1 aliphatic heterocycles. The maximum atomic E-state index is 11.7. The van der Waals surface area contributed by atoms with Gasteiger partial charge in [-0.25, -0.2) is 9.78 Å². The third-order valence-electron chi connectivity index (χ3n) is 3.41. The minimum atomic E-state index is -0.748. The summed E-state index contributed by atoms with van der Waals surface area (Å²) in [5.74, 6) is 0. The van der Waals surface area contributed by atoms with Crippen LogP contribution in [-0.2, 0) is 4.74 Å². The van der Waals surface area contributed by atoms with Crippen LogP contribution in [0.5, 0.6) is 0 Å². The molecule has 0 aromatic carbocycles. The molecule has 3 rings (SSSR count). The Morgan fingerprint density at radius 2 is 2.29 bits per heavy atom. The van der Waals surface area contributed by atoms with Crippen LogP contribution in [-0.4, -0.2) is 48.5 Å². The lowest BCUT2D eigenvalue weighted by molar-refractivity contribution is -0.0443. The molecule has 0 unspecified atom stereocenters. The van der Waals surface area contributed by atoms with Gasteiger partial charge in [0.1, 0.15) is 12.3 Å². The number of aromatic amines is 2. The van der Waals surface area contributed by atoms with Gasteiger partial charge in [-0.05, 0) is 0 Å². The van der Waals surface area contributed by atoms with Crippen molar-refractivity contribution < 1.29 is 14.9 Å². The second kappa shape index (κ2) is 5.28. The maximum absolute atomic E-state index is 11.7. The molecule has 0 bridgehead atoms. The van der Waals surface area contributed by atoms with E-state index in [0.29, 0.717) is 12.1 Å². The number of aliphatic hydroxyl groups is 2. The van der Waals surface area contributed by atoms with Gasteiger partial charge in [0.2, 0.25) is 0 Å². The second-order valence-corrected chi connectivity index (χ2v) is 4.81. The summed E-state index contributed by atoms with van der Waals surface area (Å²) in [6.07, 6.45) is 2.83. The lowest BCUT2D eigenvalue weighted by Crippen LogP contribution is -2.24. The van der Waals surface area contributed by atoms with Crippen molar-refractivity contribution in [3.8, 4) is 11.3 Å². The van der Waals surface area contributed by atoms with Crippen LogP contribution in [0.1, 0.15) is 12.6 Å². The Labute approximate surface area is 117 Å². The van der Waals surface area contributed by atoms with Crippen molar-refractivity contribution in [3.05, 3.63) is 39.6 Å². The maximum Gasteiger partial charge on any atom is 0.325 e. The number of nitrogens with zero attached hydrogens (tertiary/aromatic N) is 2. The van der Waals surface area contributed by atoms with Crippen LogP contribution >= 0.6 is 0 Å². The molecule has 3 heterocycles. The molecule has 0 amide bonds. The normalized spacial score (nSPS) is 25.3. The fraction of sp³-hybridized carbons (Fsp3) is 0.417. The summed E-state index contributed by atoms with van der Waals surface area (Å²) in [6.45, 7) is -0.265. The number of nitrogens with one attached hydrogen (secondary N) is 2. The predicted octanol–water partition coefficient (Wildman–Crippen LogP) is -1.43. The molecule has 3 atom stereocenters. The molecule has 0 spiro atoms. The van der Waals surface area contributed by atoms with Crippen molar-refractivity contribution in [2.75, 3.05) is 6.61 Å². The Balaban J connectivity index is 1.87. The van der Waals surface area contributed by atoms with Crippen molar-refractivity contribution >= 4 is 0 Å². The summed E-state index contributed by atoms with van der Waals surface area (Å²) in [4.78, 5) is 31.3. The highest BCUT2D eigenvalue weighted by Gasteiger charge is 2.34. The smallest absolute Gasteiger partial charge is 0.325 e. The Hall–Kier alpha value is -2.23. The third-order valence-corrected chi connectivity index (χ3v) is 3.41. The number of hydrogen-bond donors (Lipinski definition) is 4. The van der Waals surface area contributed by atoms with Gasteiger partial charge in [0.15, 0.2) is 0 Å². The van der Waals surface area contributed by atoms with Crippen LogP contribution in [0.4, 0.5) is 0 Å². The van der Waals surface area contributed by atoms with E-state index in [2.05, 4.69) is 15.0 Å². The van der Waals surface area contributed by atoms with E-state index < -0.39 is 29.7 Å². The van der Waals surface area contributed by atoms with E-state index in [1.165, 1.54) is 12.5 Å². The molecule has 0 saturated carbocycles. The number of aliphatic hydroxyl groups excluding tert-OH is 2. The zero-order chi connectivity index (χ0) is 15.0. The molecule has 112 valence electrons. The van der Waals surface area contributed by atoms with Gasteiger partial charge in [-0.1, -0.05) is 0 Å². The van der Waals surface area contributed by atoms with Crippen LogP contribution in [0.2, 0.25) is 0 Å². The van der Waals surface area contributed by atoms with Gasteiger partial charge < -0.3 is 24.5 Å². The average Bonchev–Trinajstić information content (AvgIpc) is 3.05. The number of aromatic nitrogens is 4. The Kier molecular flexibility index (Phi) is 3.45. The van der Waals surface area contributed by atoms with E-state index in [0.717, 1.165) is 0 Å². The zero-order valence-corrected chi connectivity index (χ0v) is 10.9. The first kappa shape index (κ1) is 13.7. The van der Waals surface area contributed by atoms with E-state index in [1.54, 1.807) is 10.8 Å². The van der Waals surface area contributed by atoms with Gasteiger partial charge in [0.25, 0.3) is 5.56 Å². The SMILES string of the molecule is O=c1[nH]cc(-c2cn([C@H]3C[C@H](O)[C@@H](CO)O3)cn2)c(=O)[nH]1. The van der Waals surface area contributed by atoms with Gasteiger partial charge in [-0.3, -0.25) is 9.78 Å². The molecule has 1 fully saturated rings. The van der Waals surface area contributed by atoms with Crippen LogP contribution in [0, 0.1) is 0 Å². The molecule has 9 heteroatoms. The van der Waals surface area contributed by atoms with E-state index in [4.69, 9.17) is 9.84 Å². The second-order valence-electron chi connectivity index (χ2n) is 4.81. The van der Waals surface area contributed by atoms with Gasteiger partial charge in [0.05, 0.1) is 30.3 Å². The Morgan fingerprint density at radius 1 is 1.48 bits per heavy atom. The van der Waals surface area contributed by atoms with Gasteiger partial charge >= 0.3 is 5.69 Å². The molecule has 2 aromatic heterocycles. The standard InChI is InChI=1S/C12H14N4O5/c17-4-9-8(18)1-10(21-9)16-3-7(14-5-16)6-2-13-12(20)15-11(6)19/h2-3,5,8-10,17-18H,1,4H2,(H2,13,15,19,20)/t8-,9+,10+/m0/s1. The highest BCUT2D eigenvalue weighted by molar-refractivity contribution is 5.55. The summed E-state index contributed by atoms with van der Waals surface area (Å²) >= 11 is 0. The van der Waals surface area contributed by atoms with E-state index in [-0.39, 0.29) is 12.2 Å². The minimum absolute atomic E-state index is 0.227. The highest BCUT2D eigenvalue weighted by atomic mass is 16.5. The van der Waals surface area contributed by atoms with Crippen LogP contribution < -0.4 is 11.2 Å². The van der Waals surface area contributed by atoms with Crippen molar-refractivity contribution in [1.82, 2.24) is 19.5 Å². The first-order chi connectivity index (χ1) is 10.1. The molecule has 0 aliphatic carbocycles. The van der Waals surface area contributed by atoms with Crippen molar-refractivity contribution in [3.63, 3.8) is 0 Å². The van der Waals surface area contributed by atoms with Crippen LogP contribution in [0.3, 0.4) is 0 Å². The minimum Gasteiger partial charge on any atom is -0.394 e. The lowest BCUT2D eigenvalue weighted by atomic mass is 10.2. The Bertz CT molecular complexity index is 748. The molecule has 9 nitrogen and oxygen atoms in total. The van der Waals surface area contributed by atoms with Crippen molar-refractivity contribution in [1.29, 1.82) is 0 Å². The van der Waals surface area contributed by atoms with Gasteiger partial charge in [-0.2, -0.15) is 0 Å². The molecule has 4 N–H and O–H groups in total. The summed E-state index contributed by atoms with van der Waals surface area (Å²) < 4.78 is 7.10. The zero-order valence-electron chi connectivity index (χ0n) is 10.9. The van der Waals surface area contributed by atoms with E-state index in [9.17, 15) is 14.7 Å². The highest BCUT2D eigenvalue weighted by Crippen LogP contribution is 2.29. The monoisotopic (exact) mass is 294 g/mol. The van der Waals surface area contributed by atoms with Gasteiger partial charge in [0, 0.05) is 18.8 Å². The van der Waals surface area contributed by atoms with E-state index >= 15 is 0 Å². The molecular formula is C12H14N4O5. The fourth-order valence-corrected chi connectivity index (χ4v) is 2.30. The fourth-order valence-electron chi connectivity index (χ4n) is 2.30. The first-order valence-electron chi connectivity index (χ1n) is 6.38. The molecule has 0 radical (unpaired) electrons. The molecule has 1 saturated heterocycles. The molecular weight excluding hydrogens is 280 g/mol. The quantitative estimate of drug-likeness (QED) is 0.548. The van der Waals surface area contributed by atoms with Crippen LogP contribution in [0.15, 0.2) is 28.3 Å². The summed E-state index contributed by atoms with van der Waals surface area (Å²) in [6, 6.07) is 0. The molecule has 2 aromatic rings. The number of imidazole rings is 1. The summed E-state index contributed by atoms with van der Waals surface area (Å²) in [5.41, 5.74) is -0.524. The topological polar surface area (TPSA) is 133 Å². The van der Waals surface area contributed by atoms with Gasteiger partial charge in [-0.15, -0.1) is 0 Å². The largest absolute Gasteiger partial charge is 0.394 e. The number of hydrogen-bond acceptors (Lipinski definition) is 6. The number of ether oxygens (including phenoxy) is 1. The summed E-state index contributed by atoms with van der Waals surface area (Å²) in [7, 11) is 0. The first-order valence-corrected chi connectivity index (χ1v) is 6.38. The van der Waals surface area contributed by atoms with Crippen molar-refractivity contribution in [2.45, 2.75) is 24.9 Å². The van der Waals surface area contributed by atoms with E-state index in [1.807, 2.05) is 0 Å². The predicted molar refractivity (Wildman–Crippen MR) is 70.5 cm³/mol. The number of rotatable bonds is 3. The molecule has 1 aliphatic rings. The molecule has 21 heavy (non-hydrogen) atoms. The van der Waals surface area contributed by atoms with Crippen LogP contribution in [0.25, 0.3) is 11.3 Å². The Morgan fingerprint density at radius 3 is 2.95 bits per heavy atom. The number of H-pyrrole nitrogens is 2. The van der Waals surface area contributed by atoms with Crippen molar-refractivity contribution in [2.24, 2.45) is 0 Å². The third kappa shape index (κ3) is 2.53. The lowest BCUT2D eigenvalue weighted by Gasteiger charge is -2.12.